The lowest BCUT2D eigenvalue weighted by Gasteiger charge is -2.13. The maximum atomic E-state index is 13.9. The molecule has 0 fully saturated rings. The van der Waals surface area contributed by atoms with Crippen LogP contribution in [0.2, 0.25) is 5.02 Å². The zero-order valence-electron chi connectivity index (χ0n) is 18.9. The molecule has 3 aromatic carbocycles. The van der Waals surface area contributed by atoms with Gasteiger partial charge in [0.25, 0.3) is 0 Å². The van der Waals surface area contributed by atoms with Gasteiger partial charge in [0.05, 0.1) is 17.3 Å². The Morgan fingerprint density at radius 1 is 0.943 bits per heavy atom. The summed E-state index contributed by atoms with van der Waals surface area (Å²) in [5.74, 6) is -2.43. The van der Waals surface area contributed by atoms with E-state index in [2.05, 4.69) is 16.0 Å². The van der Waals surface area contributed by atoms with Gasteiger partial charge in [-0.25, -0.2) is 13.6 Å². The van der Waals surface area contributed by atoms with Crippen LogP contribution in [0.5, 0.6) is 0 Å². The minimum atomic E-state index is -0.771. The van der Waals surface area contributed by atoms with E-state index in [0.717, 1.165) is 12.1 Å². The first-order valence-corrected chi connectivity index (χ1v) is 10.9. The van der Waals surface area contributed by atoms with Crippen molar-refractivity contribution in [2.75, 3.05) is 23.8 Å². The zero-order valence-corrected chi connectivity index (χ0v) is 19.6. The van der Waals surface area contributed by atoms with Crippen molar-refractivity contribution in [1.29, 1.82) is 0 Å². The number of ether oxygens (including phenoxy) is 1. The summed E-state index contributed by atoms with van der Waals surface area (Å²) < 4.78 is 31.8. The highest BCUT2D eigenvalue weighted by atomic mass is 35.5. The standard InChI is InChI=1S/C25H22ClF2N3O4/c1-3-35-23(32)13-29-25(34)31-16-6-4-14(2)19(11-16)24(33)18-8-7-17(12-20(18)26)30-22-9-5-15(27)10-21(22)28/h4-12,30H,3,13H2,1-2H3,(H2,29,31,34). The Morgan fingerprint density at radius 2 is 1.69 bits per heavy atom. The van der Waals surface area contributed by atoms with E-state index in [-0.39, 0.29) is 35.2 Å². The van der Waals surface area contributed by atoms with Crippen LogP contribution in [-0.2, 0) is 9.53 Å². The average molecular weight is 502 g/mol. The average Bonchev–Trinajstić information content (AvgIpc) is 2.81. The van der Waals surface area contributed by atoms with Crippen molar-refractivity contribution in [3.05, 3.63) is 87.9 Å². The van der Waals surface area contributed by atoms with Crippen LogP contribution in [0.25, 0.3) is 0 Å². The Morgan fingerprint density at radius 3 is 2.37 bits per heavy atom. The Hall–Kier alpha value is -3.98. The molecular formula is C25H22ClF2N3O4. The van der Waals surface area contributed by atoms with Gasteiger partial charge >= 0.3 is 12.0 Å². The molecule has 0 aliphatic heterocycles. The summed E-state index contributed by atoms with van der Waals surface area (Å²) in [5.41, 5.74) is 1.95. The molecule has 3 rings (SSSR count). The first-order chi connectivity index (χ1) is 16.7. The molecule has 0 atom stereocenters. The first-order valence-electron chi connectivity index (χ1n) is 10.6. The van der Waals surface area contributed by atoms with Crippen LogP contribution in [0.1, 0.15) is 28.4 Å². The third kappa shape index (κ3) is 6.77. The monoisotopic (exact) mass is 501 g/mol. The molecule has 35 heavy (non-hydrogen) atoms. The summed E-state index contributed by atoms with van der Waals surface area (Å²) in [5, 5.41) is 7.84. The molecule has 0 unspecified atom stereocenters. The second-order valence-corrected chi connectivity index (χ2v) is 7.82. The van der Waals surface area contributed by atoms with Crippen LogP contribution in [-0.4, -0.2) is 30.9 Å². The van der Waals surface area contributed by atoms with Gasteiger partial charge in [-0.15, -0.1) is 0 Å². The van der Waals surface area contributed by atoms with E-state index in [9.17, 15) is 23.2 Å². The van der Waals surface area contributed by atoms with Gasteiger partial charge in [-0.1, -0.05) is 17.7 Å². The SMILES string of the molecule is CCOC(=O)CNC(=O)Nc1ccc(C)c(C(=O)c2ccc(Nc3ccc(F)cc3F)cc2Cl)c1. The van der Waals surface area contributed by atoms with Crippen molar-refractivity contribution in [3.8, 4) is 0 Å². The van der Waals surface area contributed by atoms with Crippen molar-refractivity contribution in [2.45, 2.75) is 13.8 Å². The number of hydrogen-bond acceptors (Lipinski definition) is 5. The molecule has 10 heteroatoms. The normalized spacial score (nSPS) is 10.4. The lowest BCUT2D eigenvalue weighted by molar-refractivity contribution is -0.141. The van der Waals surface area contributed by atoms with Crippen LogP contribution in [0.4, 0.5) is 30.6 Å². The molecule has 0 saturated heterocycles. The third-order valence-electron chi connectivity index (χ3n) is 4.86. The zero-order chi connectivity index (χ0) is 25.5. The summed E-state index contributed by atoms with van der Waals surface area (Å²) >= 11 is 6.34. The van der Waals surface area contributed by atoms with Gasteiger partial charge in [-0.2, -0.15) is 0 Å². The minimum Gasteiger partial charge on any atom is -0.465 e. The molecule has 7 nitrogen and oxygen atoms in total. The van der Waals surface area contributed by atoms with Crippen LogP contribution in [0.3, 0.4) is 0 Å². The number of anilines is 3. The Kier molecular flexibility index (Phi) is 8.38. The number of aryl methyl sites for hydroxylation is 1. The summed E-state index contributed by atoms with van der Waals surface area (Å²) in [7, 11) is 0. The van der Waals surface area contributed by atoms with E-state index < -0.39 is 23.6 Å². The summed E-state index contributed by atoms with van der Waals surface area (Å²) in [6.45, 7) is 3.30. The number of carbonyl (C=O) groups excluding carboxylic acids is 3. The van der Waals surface area contributed by atoms with Crippen molar-refractivity contribution < 1.29 is 27.9 Å². The first kappa shape index (κ1) is 25.6. The predicted molar refractivity (Wildman–Crippen MR) is 129 cm³/mol. The number of amides is 2. The molecule has 2 amide bonds. The molecule has 0 spiro atoms. The number of carbonyl (C=O) groups is 3. The smallest absolute Gasteiger partial charge is 0.325 e. The molecule has 0 heterocycles. The van der Waals surface area contributed by atoms with Gasteiger partial charge < -0.3 is 20.7 Å². The molecule has 182 valence electrons. The van der Waals surface area contributed by atoms with E-state index in [4.69, 9.17) is 16.3 Å². The predicted octanol–water partition coefficient (Wildman–Crippen LogP) is 5.59. The highest BCUT2D eigenvalue weighted by molar-refractivity contribution is 6.35. The van der Waals surface area contributed by atoms with E-state index in [1.54, 1.807) is 32.0 Å². The van der Waals surface area contributed by atoms with E-state index >= 15 is 0 Å². The molecule has 0 radical (unpaired) electrons. The Balaban J connectivity index is 1.74. The van der Waals surface area contributed by atoms with Crippen LogP contribution in [0.15, 0.2) is 54.6 Å². The number of nitrogens with one attached hydrogen (secondary N) is 3. The molecule has 0 bridgehead atoms. The maximum absolute atomic E-state index is 13.9. The third-order valence-corrected chi connectivity index (χ3v) is 5.18. The maximum Gasteiger partial charge on any atom is 0.325 e. The van der Waals surface area contributed by atoms with Gasteiger partial charge in [-0.3, -0.25) is 9.59 Å². The van der Waals surface area contributed by atoms with Gasteiger partial charge in [0.1, 0.15) is 18.2 Å². The molecule has 3 aromatic rings. The Bertz CT molecular complexity index is 1280. The molecule has 0 aliphatic rings. The largest absolute Gasteiger partial charge is 0.465 e. The topological polar surface area (TPSA) is 96.5 Å². The molecule has 0 aromatic heterocycles. The van der Waals surface area contributed by atoms with Crippen molar-refractivity contribution >= 4 is 46.4 Å². The fourth-order valence-corrected chi connectivity index (χ4v) is 3.42. The fraction of sp³-hybridized carbons (Fsp3) is 0.160. The summed E-state index contributed by atoms with van der Waals surface area (Å²) in [4.78, 5) is 36.6. The minimum absolute atomic E-state index is 0.0531. The quantitative estimate of drug-likeness (QED) is 0.276. The van der Waals surface area contributed by atoms with Gasteiger partial charge in [0.15, 0.2) is 5.78 Å². The van der Waals surface area contributed by atoms with Crippen LogP contribution in [0, 0.1) is 18.6 Å². The summed E-state index contributed by atoms with van der Waals surface area (Å²) in [6.07, 6.45) is 0. The molecule has 3 N–H and O–H groups in total. The van der Waals surface area contributed by atoms with Crippen molar-refractivity contribution in [2.24, 2.45) is 0 Å². The number of rotatable bonds is 8. The highest BCUT2D eigenvalue weighted by Crippen LogP contribution is 2.28. The van der Waals surface area contributed by atoms with Gasteiger partial charge in [-0.05, 0) is 61.9 Å². The molecule has 0 saturated carbocycles. The number of urea groups is 1. The van der Waals surface area contributed by atoms with Gasteiger partial charge in [0.2, 0.25) is 0 Å². The Labute approximate surface area is 205 Å². The van der Waals surface area contributed by atoms with Crippen LogP contribution < -0.4 is 16.0 Å². The number of halogens is 3. The molecular weight excluding hydrogens is 480 g/mol. The lowest BCUT2D eigenvalue weighted by Crippen LogP contribution is -2.34. The number of benzene rings is 3. The van der Waals surface area contributed by atoms with Gasteiger partial charge in [0, 0.05) is 28.6 Å². The number of hydrogen-bond donors (Lipinski definition) is 3. The second-order valence-electron chi connectivity index (χ2n) is 7.42. The van der Waals surface area contributed by atoms with E-state index in [0.29, 0.717) is 22.5 Å². The second kappa shape index (κ2) is 11.4. The van der Waals surface area contributed by atoms with E-state index in [1.807, 2.05) is 0 Å². The van der Waals surface area contributed by atoms with Crippen LogP contribution >= 0.6 is 11.6 Å². The molecule has 0 aliphatic carbocycles. The van der Waals surface area contributed by atoms with Crippen molar-refractivity contribution in [1.82, 2.24) is 5.32 Å². The van der Waals surface area contributed by atoms with Crippen molar-refractivity contribution in [3.63, 3.8) is 0 Å². The van der Waals surface area contributed by atoms with E-state index in [1.165, 1.54) is 24.3 Å². The summed E-state index contributed by atoms with van der Waals surface area (Å²) in [6, 6.07) is 11.7. The number of ketones is 1. The number of esters is 1. The fourth-order valence-electron chi connectivity index (χ4n) is 3.15. The highest BCUT2D eigenvalue weighted by Gasteiger charge is 2.17. The lowest BCUT2D eigenvalue weighted by atomic mass is 9.98.